The van der Waals surface area contributed by atoms with Crippen LogP contribution in [-0.2, 0) is 16.9 Å². The van der Waals surface area contributed by atoms with E-state index in [0.717, 1.165) is 6.42 Å². The number of hydrogen-bond donors (Lipinski definition) is 1. The predicted octanol–water partition coefficient (Wildman–Crippen LogP) is 0.781. The highest BCUT2D eigenvalue weighted by atomic mass is 32.2. The SMILES string of the molecule is Cn1cccc1C(=O)N1CC[C@H](c2[nH]ncc2S(C)(=O)=O)C1. The Bertz CT molecular complexity index is 806. The van der Waals surface area contributed by atoms with Gasteiger partial charge in [-0.2, -0.15) is 5.10 Å². The van der Waals surface area contributed by atoms with Crippen molar-refractivity contribution in [3.05, 3.63) is 35.9 Å². The van der Waals surface area contributed by atoms with Gasteiger partial charge in [-0.1, -0.05) is 0 Å². The molecule has 8 heteroatoms. The predicted molar refractivity (Wildman–Crippen MR) is 80.4 cm³/mol. The van der Waals surface area contributed by atoms with Gasteiger partial charge >= 0.3 is 0 Å². The molecular weight excluding hydrogens is 304 g/mol. The van der Waals surface area contributed by atoms with Crippen molar-refractivity contribution in [2.45, 2.75) is 17.2 Å². The van der Waals surface area contributed by atoms with Gasteiger partial charge in [0.05, 0.1) is 11.9 Å². The molecule has 1 fully saturated rings. The van der Waals surface area contributed by atoms with Crippen LogP contribution in [-0.4, -0.2) is 53.3 Å². The van der Waals surface area contributed by atoms with Gasteiger partial charge < -0.3 is 9.47 Å². The summed E-state index contributed by atoms with van der Waals surface area (Å²) in [6.07, 6.45) is 5.06. The maximum atomic E-state index is 12.5. The molecule has 0 saturated carbocycles. The number of aryl methyl sites for hydroxylation is 1. The lowest BCUT2D eigenvalue weighted by atomic mass is 10.1. The molecule has 0 spiro atoms. The smallest absolute Gasteiger partial charge is 0.270 e. The fraction of sp³-hybridized carbons (Fsp3) is 0.429. The fourth-order valence-electron chi connectivity index (χ4n) is 2.90. The third kappa shape index (κ3) is 2.54. The first-order valence-electron chi connectivity index (χ1n) is 7.02. The number of rotatable bonds is 3. The quantitative estimate of drug-likeness (QED) is 0.904. The number of nitrogens with one attached hydrogen (secondary N) is 1. The van der Waals surface area contributed by atoms with Crippen LogP contribution in [0.3, 0.4) is 0 Å². The first kappa shape index (κ1) is 14.8. The lowest BCUT2D eigenvalue weighted by Gasteiger charge is -2.17. The topological polar surface area (TPSA) is 88.1 Å². The monoisotopic (exact) mass is 322 g/mol. The molecule has 118 valence electrons. The molecule has 2 aromatic rings. The van der Waals surface area contributed by atoms with Crippen molar-refractivity contribution >= 4 is 15.7 Å². The first-order valence-corrected chi connectivity index (χ1v) is 8.91. The van der Waals surface area contributed by atoms with E-state index in [-0.39, 0.29) is 16.7 Å². The number of H-pyrrole nitrogens is 1. The summed E-state index contributed by atoms with van der Waals surface area (Å²) in [7, 11) is -1.49. The van der Waals surface area contributed by atoms with Gasteiger partial charge in [-0.15, -0.1) is 0 Å². The summed E-state index contributed by atoms with van der Waals surface area (Å²) in [4.78, 5) is 14.5. The minimum atomic E-state index is -3.32. The van der Waals surface area contributed by atoms with Crippen molar-refractivity contribution in [1.82, 2.24) is 19.7 Å². The summed E-state index contributed by atoms with van der Waals surface area (Å²) in [5, 5.41) is 6.64. The van der Waals surface area contributed by atoms with Gasteiger partial charge in [0.2, 0.25) is 0 Å². The molecule has 3 heterocycles. The lowest BCUT2D eigenvalue weighted by molar-refractivity contribution is 0.0781. The molecule has 22 heavy (non-hydrogen) atoms. The molecule has 0 aromatic carbocycles. The highest BCUT2D eigenvalue weighted by molar-refractivity contribution is 7.90. The second-order valence-corrected chi connectivity index (χ2v) is 7.65. The molecule has 0 radical (unpaired) electrons. The number of aromatic nitrogens is 3. The maximum absolute atomic E-state index is 12.5. The number of likely N-dealkylation sites (tertiary alicyclic amines) is 1. The van der Waals surface area contributed by atoms with E-state index < -0.39 is 9.84 Å². The number of carbonyl (C=O) groups excluding carboxylic acids is 1. The van der Waals surface area contributed by atoms with E-state index in [2.05, 4.69) is 10.2 Å². The van der Waals surface area contributed by atoms with Gasteiger partial charge in [0.1, 0.15) is 10.6 Å². The van der Waals surface area contributed by atoms with Crippen LogP contribution in [0.4, 0.5) is 0 Å². The van der Waals surface area contributed by atoms with Crippen molar-refractivity contribution < 1.29 is 13.2 Å². The lowest BCUT2D eigenvalue weighted by Crippen LogP contribution is -2.30. The van der Waals surface area contributed by atoms with Crippen molar-refractivity contribution in [3.63, 3.8) is 0 Å². The average molecular weight is 322 g/mol. The zero-order valence-electron chi connectivity index (χ0n) is 12.5. The zero-order valence-corrected chi connectivity index (χ0v) is 13.3. The Balaban J connectivity index is 1.80. The molecule has 2 aromatic heterocycles. The molecular formula is C14H18N4O3S. The molecule has 1 amide bonds. The van der Waals surface area contributed by atoms with Crippen LogP contribution in [0, 0.1) is 0 Å². The van der Waals surface area contributed by atoms with Crippen LogP contribution >= 0.6 is 0 Å². The molecule has 1 aliphatic heterocycles. The largest absolute Gasteiger partial charge is 0.347 e. The Labute approximate surface area is 128 Å². The summed E-state index contributed by atoms with van der Waals surface area (Å²) in [5.41, 5.74) is 1.23. The number of aromatic amines is 1. The van der Waals surface area contributed by atoms with Gasteiger partial charge in [0.15, 0.2) is 9.84 Å². The van der Waals surface area contributed by atoms with Crippen LogP contribution in [0.25, 0.3) is 0 Å². The van der Waals surface area contributed by atoms with E-state index in [0.29, 0.717) is 24.5 Å². The number of nitrogens with zero attached hydrogens (tertiary/aromatic N) is 3. The Kier molecular flexibility index (Phi) is 3.56. The zero-order chi connectivity index (χ0) is 15.9. The van der Waals surface area contributed by atoms with Crippen LogP contribution in [0.15, 0.2) is 29.4 Å². The van der Waals surface area contributed by atoms with Crippen LogP contribution in [0.1, 0.15) is 28.5 Å². The van der Waals surface area contributed by atoms with Crippen molar-refractivity contribution in [3.8, 4) is 0 Å². The second kappa shape index (κ2) is 5.28. The van der Waals surface area contributed by atoms with E-state index in [4.69, 9.17) is 0 Å². The van der Waals surface area contributed by atoms with Crippen LogP contribution in [0.5, 0.6) is 0 Å². The van der Waals surface area contributed by atoms with E-state index in [9.17, 15) is 13.2 Å². The molecule has 1 saturated heterocycles. The minimum Gasteiger partial charge on any atom is -0.347 e. The molecule has 3 rings (SSSR count). The van der Waals surface area contributed by atoms with E-state index in [1.807, 2.05) is 19.3 Å². The van der Waals surface area contributed by atoms with Gasteiger partial charge in [-0.3, -0.25) is 9.89 Å². The Morgan fingerprint density at radius 3 is 2.86 bits per heavy atom. The summed E-state index contributed by atoms with van der Waals surface area (Å²) < 4.78 is 25.3. The summed E-state index contributed by atoms with van der Waals surface area (Å²) in [6.45, 7) is 1.10. The van der Waals surface area contributed by atoms with Gasteiger partial charge in [-0.25, -0.2) is 8.42 Å². The molecule has 1 aliphatic rings. The van der Waals surface area contributed by atoms with Crippen LogP contribution in [0.2, 0.25) is 0 Å². The molecule has 0 unspecified atom stereocenters. The number of sulfone groups is 1. The normalized spacial score (nSPS) is 18.8. The third-order valence-electron chi connectivity index (χ3n) is 4.08. The average Bonchev–Trinajstić information content (AvgIpc) is 3.16. The summed E-state index contributed by atoms with van der Waals surface area (Å²) >= 11 is 0. The molecule has 0 aliphatic carbocycles. The Morgan fingerprint density at radius 1 is 1.45 bits per heavy atom. The Hall–Kier alpha value is -2.09. The molecule has 7 nitrogen and oxygen atoms in total. The number of amides is 1. The number of carbonyl (C=O) groups is 1. The fourth-order valence-corrected chi connectivity index (χ4v) is 3.75. The molecule has 0 bridgehead atoms. The van der Waals surface area contributed by atoms with Gasteiger partial charge in [0, 0.05) is 38.5 Å². The maximum Gasteiger partial charge on any atom is 0.270 e. The minimum absolute atomic E-state index is 0.0311. The standard InChI is InChI=1S/C14H18N4O3S/c1-17-6-3-4-11(17)14(19)18-7-5-10(9-18)13-12(8-15-16-13)22(2,20)21/h3-4,6,8,10H,5,7,9H2,1-2H3,(H,15,16)/t10-/m0/s1. The van der Waals surface area contributed by atoms with E-state index in [1.165, 1.54) is 12.5 Å². The summed E-state index contributed by atoms with van der Waals surface area (Å²) in [6, 6.07) is 3.62. The number of hydrogen-bond acceptors (Lipinski definition) is 4. The van der Waals surface area contributed by atoms with E-state index >= 15 is 0 Å². The highest BCUT2D eigenvalue weighted by Gasteiger charge is 2.32. The van der Waals surface area contributed by atoms with Gasteiger partial charge in [0.25, 0.3) is 5.91 Å². The third-order valence-corrected chi connectivity index (χ3v) is 5.20. The first-order chi connectivity index (χ1) is 10.4. The Morgan fingerprint density at radius 2 is 2.23 bits per heavy atom. The van der Waals surface area contributed by atoms with Crippen molar-refractivity contribution in [2.75, 3.05) is 19.3 Å². The van der Waals surface area contributed by atoms with E-state index in [1.54, 1.807) is 15.5 Å². The van der Waals surface area contributed by atoms with Gasteiger partial charge in [-0.05, 0) is 18.6 Å². The highest BCUT2D eigenvalue weighted by Crippen LogP contribution is 2.30. The van der Waals surface area contributed by atoms with Crippen molar-refractivity contribution in [2.24, 2.45) is 7.05 Å². The second-order valence-electron chi connectivity index (χ2n) is 5.66. The summed E-state index contributed by atoms with van der Waals surface area (Å²) in [5.74, 6) is -0.0631. The van der Waals surface area contributed by atoms with Crippen molar-refractivity contribution in [1.29, 1.82) is 0 Å². The van der Waals surface area contributed by atoms with Crippen LogP contribution < -0.4 is 0 Å². The molecule has 1 atom stereocenters. The molecule has 1 N–H and O–H groups in total.